The van der Waals surface area contributed by atoms with Crippen LogP contribution in [0.5, 0.6) is 5.75 Å². The van der Waals surface area contributed by atoms with Crippen molar-refractivity contribution >= 4 is 28.1 Å². The van der Waals surface area contributed by atoms with Crippen LogP contribution in [0.2, 0.25) is 0 Å². The van der Waals surface area contributed by atoms with Crippen molar-refractivity contribution < 1.29 is 23.1 Å². The van der Waals surface area contributed by atoms with Gasteiger partial charge < -0.3 is 9.57 Å². The molecule has 0 saturated heterocycles. The van der Waals surface area contributed by atoms with Crippen LogP contribution in [0, 0.1) is 11.6 Å². The van der Waals surface area contributed by atoms with Gasteiger partial charge in [0.15, 0.2) is 18.2 Å². The SMILES string of the molecule is O=C(COc1ccc(F)cc1F)O/N=C\c1ccc(Br)cc1. The summed E-state index contributed by atoms with van der Waals surface area (Å²) in [5.74, 6) is -2.68. The van der Waals surface area contributed by atoms with E-state index in [0.717, 1.165) is 22.2 Å². The Morgan fingerprint density at radius 2 is 1.91 bits per heavy atom. The highest BCUT2D eigenvalue weighted by Crippen LogP contribution is 2.17. The Morgan fingerprint density at radius 1 is 1.18 bits per heavy atom. The van der Waals surface area contributed by atoms with Crippen LogP contribution in [0.1, 0.15) is 5.56 Å². The molecule has 0 fully saturated rings. The van der Waals surface area contributed by atoms with E-state index in [2.05, 4.69) is 25.9 Å². The van der Waals surface area contributed by atoms with Crippen LogP contribution < -0.4 is 4.74 Å². The van der Waals surface area contributed by atoms with E-state index in [1.807, 2.05) is 12.1 Å². The maximum absolute atomic E-state index is 13.3. The summed E-state index contributed by atoms with van der Waals surface area (Å²) >= 11 is 3.29. The zero-order chi connectivity index (χ0) is 15.9. The van der Waals surface area contributed by atoms with Crippen molar-refractivity contribution in [3.8, 4) is 5.75 Å². The summed E-state index contributed by atoms with van der Waals surface area (Å²) in [5.41, 5.74) is 0.737. The Balaban J connectivity index is 1.81. The summed E-state index contributed by atoms with van der Waals surface area (Å²) < 4.78 is 31.7. The molecule has 7 heteroatoms. The summed E-state index contributed by atoms with van der Waals surface area (Å²) in [4.78, 5) is 15.9. The predicted molar refractivity (Wildman–Crippen MR) is 79.7 cm³/mol. The molecule has 22 heavy (non-hydrogen) atoms. The number of benzene rings is 2. The second-order valence-corrected chi connectivity index (χ2v) is 5.03. The lowest BCUT2D eigenvalue weighted by atomic mass is 10.2. The molecule has 0 aliphatic rings. The minimum Gasteiger partial charge on any atom is -0.479 e. The Kier molecular flexibility index (Phi) is 5.60. The number of rotatable bonds is 5. The quantitative estimate of drug-likeness (QED) is 0.458. The van der Waals surface area contributed by atoms with Crippen LogP contribution in [0.25, 0.3) is 0 Å². The van der Waals surface area contributed by atoms with E-state index in [-0.39, 0.29) is 5.75 Å². The minimum atomic E-state index is -0.897. The molecule has 0 radical (unpaired) electrons. The van der Waals surface area contributed by atoms with Crippen molar-refractivity contribution in [1.29, 1.82) is 0 Å². The standard InChI is InChI=1S/C15H10BrF2NO3/c16-11-3-1-10(2-4-11)8-19-22-15(20)9-21-14-6-5-12(17)7-13(14)18/h1-8H,9H2/b19-8-. The molecule has 2 rings (SSSR count). The molecule has 0 spiro atoms. The molecular formula is C15H10BrF2NO3. The topological polar surface area (TPSA) is 47.9 Å². The lowest BCUT2D eigenvalue weighted by Gasteiger charge is -2.04. The molecule has 0 atom stereocenters. The summed E-state index contributed by atoms with van der Waals surface area (Å²) in [6.07, 6.45) is 1.35. The van der Waals surface area contributed by atoms with Crippen molar-refractivity contribution in [2.45, 2.75) is 0 Å². The van der Waals surface area contributed by atoms with Gasteiger partial charge in [-0.1, -0.05) is 33.2 Å². The van der Waals surface area contributed by atoms with Gasteiger partial charge >= 0.3 is 5.97 Å². The molecular weight excluding hydrogens is 360 g/mol. The third-order valence-electron chi connectivity index (χ3n) is 2.47. The maximum atomic E-state index is 13.3. The molecule has 0 aliphatic heterocycles. The third kappa shape index (κ3) is 4.92. The monoisotopic (exact) mass is 369 g/mol. The lowest BCUT2D eigenvalue weighted by molar-refractivity contribution is -0.145. The fourth-order valence-electron chi connectivity index (χ4n) is 1.45. The summed E-state index contributed by atoms with van der Waals surface area (Å²) in [6.45, 7) is -0.541. The smallest absolute Gasteiger partial charge is 0.372 e. The highest BCUT2D eigenvalue weighted by molar-refractivity contribution is 9.10. The molecule has 0 amide bonds. The van der Waals surface area contributed by atoms with Gasteiger partial charge in [0.1, 0.15) is 5.82 Å². The molecule has 0 N–H and O–H groups in total. The van der Waals surface area contributed by atoms with Crippen LogP contribution in [-0.2, 0) is 9.63 Å². The van der Waals surface area contributed by atoms with Gasteiger partial charge in [-0.3, -0.25) is 0 Å². The highest BCUT2D eigenvalue weighted by Gasteiger charge is 2.08. The van der Waals surface area contributed by atoms with Crippen LogP contribution >= 0.6 is 15.9 Å². The van der Waals surface area contributed by atoms with Gasteiger partial charge in [-0.05, 0) is 29.8 Å². The maximum Gasteiger partial charge on any atom is 0.372 e. The first-order valence-corrected chi connectivity index (χ1v) is 6.90. The van der Waals surface area contributed by atoms with Crippen molar-refractivity contribution in [2.75, 3.05) is 6.61 Å². The van der Waals surface area contributed by atoms with Gasteiger partial charge in [0, 0.05) is 10.5 Å². The number of hydrogen-bond donors (Lipinski definition) is 0. The fourth-order valence-corrected chi connectivity index (χ4v) is 1.71. The largest absolute Gasteiger partial charge is 0.479 e. The van der Waals surface area contributed by atoms with E-state index in [0.29, 0.717) is 6.07 Å². The zero-order valence-corrected chi connectivity index (χ0v) is 12.7. The van der Waals surface area contributed by atoms with E-state index in [4.69, 9.17) is 4.74 Å². The third-order valence-corrected chi connectivity index (χ3v) is 2.99. The first-order chi connectivity index (χ1) is 10.5. The average Bonchev–Trinajstić information content (AvgIpc) is 2.48. The summed E-state index contributed by atoms with van der Waals surface area (Å²) in [7, 11) is 0. The molecule has 0 bridgehead atoms. The van der Waals surface area contributed by atoms with Crippen LogP contribution in [-0.4, -0.2) is 18.8 Å². The van der Waals surface area contributed by atoms with Crippen LogP contribution in [0.4, 0.5) is 8.78 Å². The van der Waals surface area contributed by atoms with E-state index >= 15 is 0 Å². The summed E-state index contributed by atoms with van der Waals surface area (Å²) in [5, 5.41) is 3.50. The Hall–Kier alpha value is -2.28. The van der Waals surface area contributed by atoms with Gasteiger partial charge in [0.25, 0.3) is 0 Å². The number of hydrogen-bond acceptors (Lipinski definition) is 4. The number of carbonyl (C=O) groups excluding carboxylic acids is 1. The molecule has 2 aromatic carbocycles. The molecule has 0 heterocycles. The fraction of sp³-hybridized carbons (Fsp3) is 0.0667. The van der Waals surface area contributed by atoms with Crippen molar-refractivity contribution in [1.82, 2.24) is 0 Å². The molecule has 0 aromatic heterocycles. The first-order valence-electron chi connectivity index (χ1n) is 6.11. The molecule has 0 unspecified atom stereocenters. The molecule has 0 aliphatic carbocycles. The molecule has 114 valence electrons. The number of carbonyl (C=O) groups is 1. The summed E-state index contributed by atoms with van der Waals surface area (Å²) in [6, 6.07) is 9.93. The van der Waals surface area contributed by atoms with Gasteiger partial charge in [0.2, 0.25) is 0 Å². The second kappa shape index (κ2) is 7.65. The minimum absolute atomic E-state index is 0.241. The number of oxime groups is 1. The Labute approximate surface area is 133 Å². The van der Waals surface area contributed by atoms with E-state index < -0.39 is 24.2 Å². The number of halogens is 3. The molecule has 2 aromatic rings. The Morgan fingerprint density at radius 3 is 2.59 bits per heavy atom. The van der Waals surface area contributed by atoms with Crippen LogP contribution in [0.3, 0.4) is 0 Å². The van der Waals surface area contributed by atoms with Gasteiger partial charge in [-0.2, -0.15) is 0 Å². The highest BCUT2D eigenvalue weighted by atomic mass is 79.9. The normalized spacial score (nSPS) is 10.7. The van der Waals surface area contributed by atoms with Gasteiger partial charge in [-0.15, -0.1) is 0 Å². The molecule has 4 nitrogen and oxygen atoms in total. The first kappa shape index (κ1) is 16.1. The molecule has 0 saturated carbocycles. The number of ether oxygens (including phenoxy) is 1. The van der Waals surface area contributed by atoms with Gasteiger partial charge in [-0.25, -0.2) is 13.6 Å². The zero-order valence-electron chi connectivity index (χ0n) is 11.1. The van der Waals surface area contributed by atoms with E-state index in [9.17, 15) is 13.6 Å². The van der Waals surface area contributed by atoms with Crippen molar-refractivity contribution in [3.05, 3.63) is 64.1 Å². The van der Waals surface area contributed by atoms with Crippen LogP contribution in [0.15, 0.2) is 52.1 Å². The van der Waals surface area contributed by atoms with Crippen molar-refractivity contribution in [3.63, 3.8) is 0 Å². The van der Waals surface area contributed by atoms with E-state index in [1.54, 1.807) is 12.1 Å². The van der Waals surface area contributed by atoms with Crippen molar-refractivity contribution in [2.24, 2.45) is 5.16 Å². The average molecular weight is 370 g/mol. The predicted octanol–water partition coefficient (Wildman–Crippen LogP) is 3.68. The second-order valence-electron chi connectivity index (χ2n) is 4.11. The lowest BCUT2D eigenvalue weighted by Crippen LogP contribution is -2.13. The Bertz CT molecular complexity index is 690. The van der Waals surface area contributed by atoms with Gasteiger partial charge in [0.05, 0.1) is 6.21 Å². The van der Waals surface area contributed by atoms with E-state index in [1.165, 1.54) is 6.21 Å². The number of nitrogens with zero attached hydrogens (tertiary/aromatic N) is 1.